The van der Waals surface area contributed by atoms with Crippen molar-refractivity contribution in [3.63, 3.8) is 0 Å². The molecule has 1 fully saturated rings. The van der Waals surface area contributed by atoms with Gasteiger partial charge in [0.05, 0.1) is 0 Å². The molecule has 0 N–H and O–H groups in total. The third kappa shape index (κ3) is 2.50. The van der Waals surface area contributed by atoms with E-state index < -0.39 is 12.8 Å². The Bertz CT molecular complexity index is 322. The van der Waals surface area contributed by atoms with Gasteiger partial charge in [-0.25, -0.2) is 0 Å². The number of aromatic nitrogens is 1. The third-order valence-corrected chi connectivity index (χ3v) is 2.65. The highest BCUT2D eigenvalue weighted by Gasteiger charge is 2.42. The third-order valence-electron chi connectivity index (χ3n) is 2.65. The topological polar surface area (TPSA) is 16.1 Å². The number of hydrogen-bond donors (Lipinski definition) is 0. The highest BCUT2D eigenvalue weighted by molar-refractivity contribution is 6.60. The number of pyridine rings is 1. The van der Waals surface area contributed by atoms with Crippen LogP contribution in [0.3, 0.4) is 0 Å². The molecular weight excluding hydrogens is 204 g/mol. The number of likely N-dealkylation sites (tertiary alicyclic amines) is 1. The van der Waals surface area contributed by atoms with Crippen molar-refractivity contribution in [2.24, 2.45) is 0 Å². The summed E-state index contributed by atoms with van der Waals surface area (Å²) in [4.78, 5) is 5.71. The maximum atomic E-state index is 12.2. The van der Waals surface area contributed by atoms with Crippen LogP contribution in [-0.2, 0) is 6.54 Å². The van der Waals surface area contributed by atoms with Crippen LogP contribution in [0.2, 0.25) is 5.82 Å². The number of halogens is 3. The summed E-state index contributed by atoms with van der Waals surface area (Å²) in [5, 5.41) is 0. The first-order chi connectivity index (χ1) is 7.05. The molecule has 0 bridgehead atoms. The summed E-state index contributed by atoms with van der Waals surface area (Å²) >= 11 is 0. The molecule has 1 aromatic rings. The van der Waals surface area contributed by atoms with E-state index in [1.807, 2.05) is 6.07 Å². The minimum absolute atomic E-state index is 0.137. The molecule has 0 aliphatic carbocycles. The van der Waals surface area contributed by atoms with Gasteiger partial charge in [0.15, 0.2) is 0 Å². The minimum atomic E-state index is -4.65. The van der Waals surface area contributed by atoms with Crippen LogP contribution in [-0.4, -0.2) is 30.0 Å². The number of rotatable bonds is 3. The Labute approximate surface area is 86.2 Å². The van der Waals surface area contributed by atoms with E-state index in [4.69, 9.17) is 0 Å². The van der Waals surface area contributed by atoms with Gasteiger partial charge in [0.1, 0.15) is 0 Å². The first-order valence-electron chi connectivity index (χ1n) is 4.87. The van der Waals surface area contributed by atoms with E-state index in [0.29, 0.717) is 6.54 Å². The summed E-state index contributed by atoms with van der Waals surface area (Å²) in [6.07, 6.45) is 3.34. The highest BCUT2D eigenvalue weighted by Crippen LogP contribution is 2.35. The first kappa shape index (κ1) is 10.5. The molecule has 0 atom stereocenters. The Hall–Kier alpha value is -1.04. The highest BCUT2D eigenvalue weighted by atomic mass is 19.4. The van der Waals surface area contributed by atoms with Gasteiger partial charge in [-0.05, 0) is 30.5 Å². The number of hydrogen-bond acceptors (Lipinski definition) is 2. The monoisotopic (exact) mass is 215 g/mol. The molecular formula is C9H11BF3N2-. The van der Waals surface area contributed by atoms with Gasteiger partial charge in [-0.2, -0.15) is 0 Å². The lowest BCUT2D eigenvalue weighted by atomic mass is 9.68. The van der Waals surface area contributed by atoms with Crippen molar-refractivity contribution in [3.05, 3.63) is 30.1 Å². The van der Waals surface area contributed by atoms with E-state index in [2.05, 4.69) is 4.98 Å². The quantitative estimate of drug-likeness (QED) is 0.717. The van der Waals surface area contributed by atoms with E-state index in [-0.39, 0.29) is 13.1 Å². The molecule has 1 saturated heterocycles. The number of nitrogens with zero attached hydrogens (tertiary/aromatic N) is 2. The van der Waals surface area contributed by atoms with Crippen molar-refractivity contribution in [2.75, 3.05) is 13.1 Å². The molecule has 1 aromatic heterocycles. The van der Waals surface area contributed by atoms with Crippen molar-refractivity contribution in [1.82, 2.24) is 9.88 Å². The van der Waals surface area contributed by atoms with E-state index in [1.54, 1.807) is 23.4 Å². The Morgan fingerprint density at radius 1 is 1.40 bits per heavy atom. The molecule has 0 saturated carbocycles. The smallest absolute Gasteiger partial charge is 0.449 e. The van der Waals surface area contributed by atoms with Crippen LogP contribution in [0, 0.1) is 0 Å². The zero-order valence-corrected chi connectivity index (χ0v) is 8.11. The average Bonchev–Trinajstić information content (AvgIpc) is 2.10. The van der Waals surface area contributed by atoms with Crippen molar-refractivity contribution in [2.45, 2.75) is 12.4 Å². The Balaban J connectivity index is 1.82. The van der Waals surface area contributed by atoms with E-state index in [1.165, 1.54) is 0 Å². The molecule has 1 aliphatic rings. The molecule has 0 radical (unpaired) electrons. The normalized spacial score (nSPS) is 18.9. The van der Waals surface area contributed by atoms with Crippen LogP contribution >= 0.6 is 0 Å². The zero-order valence-electron chi connectivity index (χ0n) is 8.11. The van der Waals surface area contributed by atoms with Gasteiger partial charge < -0.3 is 17.8 Å². The summed E-state index contributed by atoms with van der Waals surface area (Å²) in [6, 6.07) is 3.67. The predicted molar refractivity (Wildman–Crippen MR) is 52.3 cm³/mol. The van der Waals surface area contributed by atoms with Gasteiger partial charge in [0.25, 0.3) is 0 Å². The lowest BCUT2D eigenvalue weighted by Crippen LogP contribution is -2.50. The van der Waals surface area contributed by atoms with Gasteiger partial charge in [0.2, 0.25) is 0 Å². The second-order valence-electron chi connectivity index (χ2n) is 3.94. The molecule has 15 heavy (non-hydrogen) atoms. The maximum Gasteiger partial charge on any atom is 0.483 e. The summed E-state index contributed by atoms with van der Waals surface area (Å²) in [5.74, 6) is -1.08. The van der Waals surface area contributed by atoms with Gasteiger partial charge in [0, 0.05) is 18.9 Å². The summed E-state index contributed by atoms with van der Waals surface area (Å²) in [7, 11) is 0. The molecule has 2 heterocycles. The maximum absolute atomic E-state index is 12.2. The largest absolute Gasteiger partial charge is 0.483 e. The SMILES string of the molecule is F[B-](F)(F)C1CN(Cc2cccnc2)C1. The van der Waals surface area contributed by atoms with Crippen LogP contribution in [0.4, 0.5) is 12.9 Å². The van der Waals surface area contributed by atoms with Crippen molar-refractivity contribution >= 4 is 6.98 Å². The van der Waals surface area contributed by atoms with Crippen LogP contribution in [0.15, 0.2) is 24.5 Å². The van der Waals surface area contributed by atoms with Crippen LogP contribution in [0.25, 0.3) is 0 Å². The van der Waals surface area contributed by atoms with Crippen molar-refractivity contribution in [1.29, 1.82) is 0 Å². The van der Waals surface area contributed by atoms with Crippen LogP contribution < -0.4 is 0 Å². The Morgan fingerprint density at radius 2 is 2.13 bits per heavy atom. The van der Waals surface area contributed by atoms with Crippen LogP contribution in [0.1, 0.15) is 5.56 Å². The standard InChI is InChI=1S/C9H11BF3N2/c11-10(12,13)9-6-15(7-9)5-8-2-1-3-14-4-8/h1-4,9H,5-7H2/q-1. The molecule has 0 unspecified atom stereocenters. The minimum Gasteiger partial charge on any atom is -0.449 e. The Kier molecular flexibility index (Phi) is 2.69. The van der Waals surface area contributed by atoms with E-state index in [0.717, 1.165) is 5.56 Å². The fourth-order valence-corrected chi connectivity index (χ4v) is 1.73. The van der Waals surface area contributed by atoms with Gasteiger partial charge in [-0.3, -0.25) is 4.98 Å². The van der Waals surface area contributed by atoms with Crippen molar-refractivity contribution in [3.8, 4) is 0 Å². The van der Waals surface area contributed by atoms with E-state index >= 15 is 0 Å². The average molecular weight is 215 g/mol. The fourth-order valence-electron chi connectivity index (χ4n) is 1.73. The van der Waals surface area contributed by atoms with E-state index in [9.17, 15) is 12.9 Å². The summed E-state index contributed by atoms with van der Waals surface area (Å²) < 4.78 is 36.7. The summed E-state index contributed by atoms with van der Waals surface area (Å²) in [5.41, 5.74) is 0.964. The second-order valence-corrected chi connectivity index (χ2v) is 3.94. The van der Waals surface area contributed by atoms with Crippen LogP contribution in [0.5, 0.6) is 0 Å². The fraction of sp³-hybridized carbons (Fsp3) is 0.444. The molecule has 0 amide bonds. The van der Waals surface area contributed by atoms with Crippen molar-refractivity contribution < 1.29 is 12.9 Å². The molecule has 6 heteroatoms. The lowest BCUT2D eigenvalue weighted by molar-refractivity contribution is 0.146. The molecule has 0 aromatic carbocycles. The molecule has 1 aliphatic heterocycles. The molecule has 0 spiro atoms. The zero-order chi connectivity index (χ0) is 10.9. The lowest BCUT2D eigenvalue weighted by Gasteiger charge is -2.44. The predicted octanol–water partition coefficient (Wildman–Crippen LogP) is 2.11. The van der Waals surface area contributed by atoms with Gasteiger partial charge >= 0.3 is 6.98 Å². The van der Waals surface area contributed by atoms with Gasteiger partial charge in [-0.1, -0.05) is 6.07 Å². The molecule has 2 rings (SSSR count). The second kappa shape index (κ2) is 3.85. The first-order valence-corrected chi connectivity index (χ1v) is 4.87. The molecule has 82 valence electrons. The Morgan fingerprint density at radius 3 is 2.67 bits per heavy atom. The van der Waals surface area contributed by atoms with Gasteiger partial charge in [-0.15, -0.1) is 0 Å². The molecule has 2 nitrogen and oxygen atoms in total. The summed E-state index contributed by atoms with van der Waals surface area (Å²) in [6.45, 7) is -3.80.